The van der Waals surface area contributed by atoms with Gasteiger partial charge in [-0.2, -0.15) is 0 Å². The number of Topliss-reactive ketones (excluding diaryl/α,β-unsaturated/α-hetero) is 1. The first kappa shape index (κ1) is 40.1. The number of hydrogen-bond acceptors (Lipinski definition) is 10. The van der Waals surface area contributed by atoms with E-state index in [1.54, 1.807) is 14.2 Å². The van der Waals surface area contributed by atoms with E-state index in [0.717, 1.165) is 49.7 Å². The Morgan fingerprint density at radius 3 is 2.51 bits per heavy atom. The monoisotopic (exact) mass is 771 g/mol. The fourth-order valence-electron chi connectivity index (χ4n) is 11.3. The van der Waals surface area contributed by atoms with Crippen LogP contribution >= 0.6 is 0 Å². The van der Waals surface area contributed by atoms with E-state index in [-0.39, 0.29) is 109 Å². The summed E-state index contributed by atoms with van der Waals surface area (Å²) >= 11 is 0. The molecule has 8 rings (SSSR count). The highest BCUT2D eigenvalue weighted by molar-refractivity contribution is 5.79. The topological polar surface area (TPSA) is 139 Å². The van der Waals surface area contributed by atoms with Crippen molar-refractivity contribution >= 4 is 5.78 Å². The van der Waals surface area contributed by atoms with Crippen LogP contribution in [-0.4, -0.2) is 141 Å². The lowest BCUT2D eigenvalue weighted by atomic mass is 9.81. The van der Waals surface area contributed by atoms with Crippen LogP contribution in [0.25, 0.3) is 0 Å². The first-order chi connectivity index (χ1) is 26.6. The first-order valence-electron chi connectivity index (χ1n) is 21.0. The van der Waals surface area contributed by atoms with Crippen molar-refractivity contribution in [3.63, 3.8) is 0 Å². The van der Waals surface area contributed by atoms with Gasteiger partial charge in [0.2, 0.25) is 6.10 Å². The number of rotatable bonds is 6. The van der Waals surface area contributed by atoms with Gasteiger partial charge in [0.25, 0.3) is 11.9 Å². The summed E-state index contributed by atoms with van der Waals surface area (Å²) in [6, 6.07) is 0. The minimum Gasteiger partial charge on any atom is -0.437 e. The van der Waals surface area contributed by atoms with Crippen LogP contribution in [0.15, 0.2) is 24.3 Å². The Morgan fingerprint density at radius 2 is 1.73 bits per heavy atom. The molecule has 8 saturated heterocycles. The van der Waals surface area contributed by atoms with Crippen LogP contribution in [-0.2, 0) is 42.7 Å². The quantitative estimate of drug-likeness (QED) is 0.244. The van der Waals surface area contributed by atoms with Crippen molar-refractivity contribution in [2.45, 2.75) is 187 Å². The maximum absolute atomic E-state index is 14.2. The van der Waals surface area contributed by atoms with Crippen LogP contribution in [0.5, 0.6) is 0 Å². The summed E-state index contributed by atoms with van der Waals surface area (Å²) in [4.78, 5) is 14.2. The fourth-order valence-corrected chi connectivity index (χ4v) is 11.3. The van der Waals surface area contributed by atoms with E-state index in [4.69, 9.17) is 54.2 Å². The summed E-state index contributed by atoms with van der Waals surface area (Å²) in [6.45, 7) is 9.55. The van der Waals surface area contributed by atoms with Crippen LogP contribution in [0, 0.1) is 24.2 Å². The highest BCUT2D eigenvalue weighted by atomic mass is 16.7. The van der Waals surface area contributed by atoms with Gasteiger partial charge in [0.1, 0.15) is 24.4 Å². The lowest BCUT2D eigenvalue weighted by Crippen LogP contribution is -2.58. The van der Waals surface area contributed by atoms with Gasteiger partial charge >= 0.3 is 0 Å². The molecule has 18 atom stereocenters. The van der Waals surface area contributed by atoms with Gasteiger partial charge in [-0.15, -0.1) is 6.42 Å². The summed E-state index contributed by atoms with van der Waals surface area (Å²) in [7, 11) is 5.33. The zero-order valence-corrected chi connectivity index (χ0v) is 33.0. The summed E-state index contributed by atoms with van der Waals surface area (Å²) < 4.78 is 58.0. The Balaban J connectivity index is 1.07. The average molecular weight is 772 g/mol. The van der Waals surface area contributed by atoms with Gasteiger partial charge in [0.05, 0.1) is 73.6 Å². The smallest absolute Gasteiger partial charge is 0.283 e. The standard InChI is InChI=1S/C43H63NO11/c1-7-25-15-27-8-10-33-23(2)14-29(49-33)12-13-43-21-32(46)41(55-43)38-20-39(54-43)42-34(52-38)11-9-28(51-42)16-26(45)17-31-36(19-35(50-27)24(25)3)53-37(40(31)48-6)18-30(47-5)22-44-4/h1,25,27-42,44,46H,2-3,8-22H2,4-6H3/p+2/t25-,27+,28-,29+,30?,31+,32-,33+,34?,35-,36+,37-,38?,39?,40-,41+,42+,43-/m1/s1. The maximum Gasteiger partial charge on any atom is 0.283 e. The second-order valence-corrected chi connectivity index (χ2v) is 17.7. The predicted octanol–water partition coefficient (Wildman–Crippen LogP) is 3.19. The fraction of sp³-hybridized carbons (Fsp3) is 0.837. The van der Waals surface area contributed by atoms with Crippen LogP contribution in [0.3, 0.4) is 0 Å². The Bertz CT molecular complexity index is 1450. The second-order valence-electron chi connectivity index (χ2n) is 17.7. The number of carbonyl (C=O) groups is 1. The molecule has 12 heteroatoms. The van der Waals surface area contributed by atoms with E-state index >= 15 is 0 Å². The number of nitrogens with one attached hydrogen (secondary N) is 1. The molecule has 8 aliphatic rings. The summed E-state index contributed by atoms with van der Waals surface area (Å²) in [5, 5.41) is 12.2. The molecule has 10 bridgehead atoms. The van der Waals surface area contributed by atoms with Gasteiger partial charge in [-0.25, -0.2) is 0 Å². The van der Waals surface area contributed by atoms with E-state index in [1.807, 2.05) is 7.05 Å². The molecule has 4 unspecified atom stereocenters. The third kappa shape index (κ3) is 8.28. The number of fused-ring (bicyclic) bond motifs is 9. The van der Waals surface area contributed by atoms with Crippen LogP contribution < -0.4 is 5.32 Å². The number of ether oxygens (including phenoxy) is 9. The van der Waals surface area contributed by atoms with Crippen LogP contribution in [0.1, 0.15) is 89.9 Å². The molecule has 55 heavy (non-hydrogen) atoms. The zero-order valence-electron chi connectivity index (χ0n) is 33.0. The normalized spacial score (nSPS) is 48.1. The Morgan fingerprint density at radius 1 is 0.927 bits per heavy atom. The van der Waals surface area contributed by atoms with Crippen molar-refractivity contribution in [3.8, 4) is 12.3 Å². The highest BCUT2D eigenvalue weighted by Gasteiger charge is 2.65. The van der Waals surface area contributed by atoms with Gasteiger partial charge in [0.15, 0.2) is 0 Å². The third-order valence-corrected chi connectivity index (χ3v) is 14.1. The predicted molar refractivity (Wildman–Crippen MR) is 204 cm³/mol. The molecule has 0 aromatic rings. The minimum atomic E-state index is -0.767. The molecule has 1 spiro atoms. The van der Waals surface area contributed by atoms with Gasteiger partial charge < -0.3 is 53.1 Å². The molecule has 0 aromatic carbocycles. The highest BCUT2D eigenvalue weighted by Crippen LogP contribution is 2.48. The largest absolute Gasteiger partial charge is 0.437 e. The van der Waals surface area contributed by atoms with E-state index in [1.165, 1.54) is 0 Å². The van der Waals surface area contributed by atoms with Crippen molar-refractivity contribution in [1.29, 1.82) is 0 Å². The van der Waals surface area contributed by atoms with Crippen molar-refractivity contribution < 1.29 is 52.5 Å². The molecule has 0 saturated carbocycles. The SMILES string of the molecule is C#C[C@@H]1C[C@@H]2CC[C@@H]3O[C@@H](CC[C@]45C[C@@H]([OH2+])[C@H]([OH+]4)C4CC(O5)[C@H]5O[C@H](CCC5O4)CC(=O)C[C@@H]4[C@@H](OC)[C@@H](CC(CNC)OC)O[C@H]4C[C@@H](O2)C1=C)CC3=C. The van der Waals surface area contributed by atoms with Crippen molar-refractivity contribution in [3.05, 3.63) is 24.3 Å². The number of methoxy groups -OCH3 is 2. The molecule has 8 aliphatic heterocycles. The Kier molecular flexibility index (Phi) is 12.3. The summed E-state index contributed by atoms with van der Waals surface area (Å²) in [6.07, 6.45) is 12.1. The number of hydrogen-bond donors (Lipinski definition) is 1. The molecule has 12 nitrogen and oxygen atoms in total. The van der Waals surface area contributed by atoms with Crippen molar-refractivity contribution in [1.82, 2.24) is 5.32 Å². The number of likely N-dealkylation sites (N-methyl/N-ethyl adjacent to an activating group) is 1. The average Bonchev–Trinajstić information content (AvgIpc) is 3.78. The van der Waals surface area contributed by atoms with E-state index in [9.17, 15) is 4.79 Å². The molecule has 0 aromatic heterocycles. The van der Waals surface area contributed by atoms with Gasteiger partial charge in [-0.1, -0.05) is 19.1 Å². The molecule has 0 aliphatic carbocycles. The third-order valence-electron chi connectivity index (χ3n) is 14.1. The minimum absolute atomic E-state index is 0.0157. The number of carbonyl (C=O) groups excluding carboxylic acids is 1. The molecular formula is C43H65NO11+2. The van der Waals surface area contributed by atoms with Gasteiger partial charge in [-0.05, 0) is 63.1 Å². The maximum atomic E-state index is 14.2. The molecular weight excluding hydrogens is 706 g/mol. The first-order valence-corrected chi connectivity index (χ1v) is 21.0. The Hall–Kier alpha value is -1.73. The van der Waals surface area contributed by atoms with E-state index in [0.29, 0.717) is 57.9 Å². The summed E-state index contributed by atoms with van der Waals surface area (Å²) in [5.41, 5.74) is 2.00. The molecule has 0 amide bonds. The zero-order chi connectivity index (χ0) is 38.4. The molecule has 0 radical (unpaired) electrons. The molecule has 8 fully saturated rings. The van der Waals surface area contributed by atoms with Gasteiger partial charge in [0, 0.05) is 64.7 Å². The van der Waals surface area contributed by atoms with Crippen molar-refractivity contribution in [2.75, 3.05) is 27.8 Å². The number of ketones is 1. The van der Waals surface area contributed by atoms with Crippen molar-refractivity contribution in [2.24, 2.45) is 11.8 Å². The Labute approximate surface area is 326 Å². The van der Waals surface area contributed by atoms with E-state index < -0.39 is 5.79 Å². The lowest BCUT2D eigenvalue weighted by molar-refractivity contribution is -0.332. The van der Waals surface area contributed by atoms with Crippen LogP contribution in [0.2, 0.25) is 0 Å². The summed E-state index contributed by atoms with van der Waals surface area (Å²) in [5.74, 6) is 2.04. The van der Waals surface area contributed by atoms with E-state index in [2.05, 4.69) is 24.4 Å². The molecule has 4 N–H and O–H groups in total. The lowest BCUT2D eigenvalue weighted by Gasteiger charge is -2.45. The van der Waals surface area contributed by atoms with Crippen LogP contribution in [0.4, 0.5) is 0 Å². The number of terminal acetylenes is 1. The molecule has 306 valence electrons. The molecule has 8 heterocycles. The second kappa shape index (κ2) is 16.9. The van der Waals surface area contributed by atoms with Gasteiger partial charge in [-0.3, -0.25) is 4.79 Å². The number of aliphatic hydroxyl groups is 2.